The molecule has 1 unspecified atom stereocenters. The fraction of sp³-hybridized carbons (Fsp3) is 0.400. The molecule has 2 N–H and O–H groups in total. The van der Waals surface area contributed by atoms with E-state index in [1.807, 2.05) is 19.0 Å². The summed E-state index contributed by atoms with van der Waals surface area (Å²) in [4.78, 5) is 1.91. The molecule has 0 bridgehead atoms. The van der Waals surface area contributed by atoms with Gasteiger partial charge in [0.15, 0.2) is 0 Å². The molecule has 0 heterocycles. The Bertz CT molecular complexity index is 315. The molecule has 1 rings (SSSR count). The molecule has 2 nitrogen and oxygen atoms in total. The molecule has 0 fully saturated rings. The van der Waals surface area contributed by atoms with E-state index in [4.69, 9.17) is 5.73 Å². The lowest BCUT2D eigenvalue weighted by Gasteiger charge is -2.23. The molecule has 0 saturated carbocycles. The Morgan fingerprint density at radius 2 is 2.14 bits per heavy atom. The van der Waals surface area contributed by atoms with E-state index < -0.39 is 0 Å². The molecule has 78 valence electrons. The van der Waals surface area contributed by atoms with Gasteiger partial charge in [-0.25, -0.2) is 4.39 Å². The first-order chi connectivity index (χ1) is 6.56. The fourth-order valence-corrected chi connectivity index (χ4v) is 1.76. The molecule has 0 aliphatic heterocycles. The van der Waals surface area contributed by atoms with E-state index in [0.717, 1.165) is 4.47 Å². The summed E-state index contributed by atoms with van der Waals surface area (Å²) in [5.74, 6) is -0.211. The Labute approximate surface area is 92.0 Å². The van der Waals surface area contributed by atoms with Crippen LogP contribution in [0.3, 0.4) is 0 Å². The van der Waals surface area contributed by atoms with Crippen molar-refractivity contribution in [1.29, 1.82) is 0 Å². The summed E-state index contributed by atoms with van der Waals surface area (Å²) in [6.07, 6.45) is 0. The summed E-state index contributed by atoms with van der Waals surface area (Å²) in [5.41, 5.74) is 6.23. The number of halogens is 2. The van der Waals surface area contributed by atoms with E-state index in [1.54, 1.807) is 12.1 Å². The Morgan fingerprint density at radius 3 is 2.64 bits per heavy atom. The number of hydrogen-bond acceptors (Lipinski definition) is 2. The zero-order valence-corrected chi connectivity index (χ0v) is 9.88. The summed E-state index contributed by atoms with van der Waals surface area (Å²) in [6, 6.07) is 4.83. The number of nitrogens with two attached hydrogens (primary N) is 1. The Hall–Kier alpha value is -0.450. The molecule has 1 aromatic rings. The lowest BCUT2D eigenvalue weighted by atomic mass is 10.1. The molecule has 0 aliphatic rings. The second kappa shape index (κ2) is 4.87. The van der Waals surface area contributed by atoms with Crippen molar-refractivity contribution in [3.05, 3.63) is 34.1 Å². The maximum absolute atomic E-state index is 13.5. The molecule has 0 aliphatic carbocycles. The topological polar surface area (TPSA) is 29.3 Å². The lowest BCUT2D eigenvalue weighted by Crippen LogP contribution is -2.28. The summed E-state index contributed by atoms with van der Waals surface area (Å²) >= 11 is 3.32. The number of nitrogens with zero attached hydrogens (tertiary/aromatic N) is 1. The zero-order valence-electron chi connectivity index (χ0n) is 8.30. The predicted octanol–water partition coefficient (Wildman–Crippen LogP) is 2.15. The Balaban J connectivity index is 3.08. The van der Waals surface area contributed by atoms with Gasteiger partial charge in [0.05, 0.1) is 0 Å². The van der Waals surface area contributed by atoms with Gasteiger partial charge in [0.1, 0.15) is 5.82 Å². The molecule has 0 saturated heterocycles. The van der Waals surface area contributed by atoms with Crippen LogP contribution in [0, 0.1) is 5.82 Å². The highest BCUT2D eigenvalue weighted by atomic mass is 79.9. The first kappa shape index (κ1) is 11.6. The van der Waals surface area contributed by atoms with Gasteiger partial charge in [-0.1, -0.05) is 15.9 Å². The van der Waals surface area contributed by atoms with Crippen LogP contribution in [0.2, 0.25) is 0 Å². The van der Waals surface area contributed by atoms with Crippen LogP contribution in [0.25, 0.3) is 0 Å². The van der Waals surface area contributed by atoms with Crippen LogP contribution in [-0.2, 0) is 0 Å². The molecule has 4 heteroatoms. The van der Waals surface area contributed by atoms with E-state index in [2.05, 4.69) is 15.9 Å². The van der Waals surface area contributed by atoms with Crippen molar-refractivity contribution in [2.75, 3.05) is 20.6 Å². The third-order valence-electron chi connectivity index (χ3n) is 2.16. The van der Waals surface area contributed by atoms with E-state index in [1.165, 1.54) is 6.07 Å². The van der Waals surface area contributed by atoms with Gasteiger partial charge >= 0.3 is 0 Å². The second-order valence-corrected chi connectivity index (χ2v) is 4.30. The maximum Gasteiger partial charge on any atom is 0.128 e. The van der Waals surface area contributed by atoms with Crippen molar-refractivity contribution in [3.63, 3.8) is 0 Å². The van der Waals surface area contributed by atoms with Gasteiger partial charge in [0, 0.05) is 22.6 Å². The molecular weight excluding hydrogens is 247 g/mol. The summed E-state index contributed by atoms with van der Waals surface area (Å²) in [6.45, 7) is 0.403. The van der Waals surface area contributed by atoms with Crippen LogP contribution >= 0.6 is 15.9 Å². The third kappa shape index (κ3) is 2.53. The standard InChI is InChI=1S/C10H14BrFN2/c1-14(2)10(6-13)8-5-7(11)3-4-9(8)12/h3-5,10H,6,13H2,1-2H3. The second-order valence-electron chi connectivity index (χ2n) is 3.38. The Morgan fingerprint density at radius 1 is 1.50 bits per heavy atom. The molecule has 0 spiro atoms. The highest BCUT2D eigenvalue weighted by Crippen LogP contribution is 2.23. The van der Waals surface area contributed by atoms with Crippen LogP contribution in [0.1, 0.15) is 11.6 Å². The fourth-order valence-electron chi connectivity index (χ4n) is 1.39. The monoisotopic (exact) mass is 260 g/mol. The quantitative estimate of drug-likeness (QED) is 0.903. The number of likely N-dealkylation sites (N-methyl/N-ethyl adjacent to an activating group) is 1. The number of rotatable bonds is 3. The average Bonchev–Trinajstić information content (AvgIpc) is 2.11. The van der Waals surface area contributed by atoms with Crippen molar-refractivity contribution in [3.8, 4) is 0 Å². The largest absolute Gasteiger partial charge is 0.329 e. The summed E-state index contributed by atoms with van der Waals surface area (Å²) in [5, 5.41) is 0. The van der Waals surface area contributed by atoms with Crippen molar-refractivity contribution in [2.45, 2.75) is 6.04 Å². The van der Waals surface area contributed by atoms with Gasteiger partial charge in [-0.05, 0) is 32.3 Å². The van der Waals surface area contributed by atoms with Crippen molar-refractivity contribution < 1.29 is 4.39 Å². The third-order valence-corrected chi connectivity index (χ3v) is 2.66. The molecule has 14 heavy (non-hydrogen) atoms. The van der Waals surface area contributed by atoms with Crippen molar-refractivity contribution >= 4 is 15.9 Å². The van der Waals surface area contributed by atoms with E-state index >= 15 is 0 Å². The minimum Gasteiger partial charge on any atom is -0.329 e. The summed E-state index contributed by atoms with van der Waals surface area (Å²) in [7, 11) is 3.77. The van der Waals surface area contributed by atoms with Crippen LogP contribution in [0.4, 0.5) is 4.39 Å². The highest BCUT2D eigenvalue weighted by molar-refractivity contribution is 9.10. The maximum atomic E-state index is 13.5. The average molecular weight is 261 g/mol. The first-order valence-corrected chi connectivity index (χ1v) is 5.17. The lowest BCUT2D eigenvalue weighted by molar-refractivity contribution is 0.298. The zero-order chi connectivity index (χ0) is 10.7. The van der Waals surface area contributed by atoms with Gasteiger partial charge in [0.2, 0.25) is 0 Å². The molecule has 1 atom stereocenters. The van der Waals surface area contributed by atoms with Gasteiger partial charge in [0.25, 0.3) is 0 Å². The summed E-state index contributed by atoms with van der Waals surface area (Å²) < 4.78 is 14.3. The number of hydrogen-bond donors (Lipinski definition) is 1. The van der Waals surface area contributed by atoms with Crippen molar-refractivity contribution in [1.82, 2.24) is 4.90 Å². The molecule has 1 aromatic carbocycles. The first-order valence-electron chi connectivity index (χ1n) is 4.37. The van der Waals surface area contributed by atoms with Gasteiger partial charge in [-0.3, -0.25) is 0 Å². The minimum absolute atomic E-state index is 0.0764. The van der Waals surface area contributed by atoms with Gasteiger partial charge in [-0.2, -0.15) is 0 Å². The van der Waals surface area contributed by atoms with Gasteiger partial charge < -0.3 is 10.6 Å². The van der Waals surface area contributed by atoms with Crippen LogP contribution in [-0.4, -0.2) is 25.5 Å². The van der Waals surface area contributed by atoms with Crippen molar-refractivity contribution in [2.24, 2.45) is 5.73 Å². The number of benzene rings is 1. The van der Waals surface area contributed by atoms with Crippen LogP contribution in [0.15, 0.2) is 22.7 Å². The normalized spacial score (nSPS) is 13.3. The van der Waals surface area contributed by atoms with E-state index in [-0.39, 0.29) is 11.9 Å². The Kier molecular flexibility index (Phi) is 4.04. The van der Waals surface area contributed by atoms with E-state index in [9.17, 15) is 4.39 Å². The minimum atomic E-state index is -0.211. The molecule has 0 amide bonds. The highest BCUT2D eigenvalue weighted by Gasteiger charge is 2.16. The van der Waals surface area contributed by atoms with Crippen LogP contribution in [0.5, 0.6) is 0 Å². The molecule has 0 aromatic heterocycles. The van der Waals surface area contributed by atoms with E-state index in [0.29, 0.717) is 12.1 Å². The predicted molar refractivity (Wildman–Crippen MR) is 59.6 cm³/mol. The van der Waals surface area contributed by atoms with Crippen LogP contribution < -0.4 is 5.73 Å². The molecular formula is C10H14BrFN2. The van der Waals surface area contributed by atoms with Gasteiger partial charge in [-0.15, -0.1) is 0 Å². The smallest absolute Gasteiger partial charge is 0.128 e. The molecule has 0 radical (unpaired) electrons. The SMILES string of the molecule is CN(C)C(CN)c1cc(Br)ccc1F.